The van der Waals surface area contributed by atoms with Gasteiger partial charge in [0.1, 0.15) is 17.1 Å². The average molecular weight is 419 g/mol. The summed E-state index contributed by atoms with van der Waals surface area (Å²) in [5.74, 6) is -0.690. The van der Waals surface area contributed by atoms with Gasteiger partial charge in [0.15, 0.2) is 0 Å². The number of fused-ring (bicyclic) bond motifs is 1. The SMILES string of the molecule is Cc1c(-c2cncc(C(=O)NCC3(N)CCC3)n2)[nH]c2ccc(OC(F)(F)F)cc12. The second-order valence-electron chi connectivity index (χ2n) is 7.57. The number of benzene rings is 1. The minimum atomic E-state index is -4.77. The van der Waals surface area contributed by atoms with Crippen LogP contribution in [0.4, 0.5) is 13.2 Å². The van der Waals surface area contributed by atoms with Gasteiger partial charge in [-0.25, -0.2) is 4.98 Å². The minimum Gasteiger partial charge on any atom is -0.406 e. The molecule has 4 rings (SSSR count). The third-order valence-electron chi connectivity index (χ3n) is 5.34. The fourth-order valence-electron chi connectivity index (χ4n) is 3.51. The Morgan fingerprint density at radius 1 is 1.33 bits per heavy atom. The van der Waals surface area contributed by atoms with Crippen LogP contribution in [-0.2, 0) is 0 Å². The Kier molecular flexibility index (Phi) is 4.89. The van der Waals surface area contributed by atoms with Crippen LogP contribution in [0.3, 0.4) is 0 Å². The molecular formula is C20H20F3N5O2. The van der Waals surface area contributed by atoms with Crippen LogP contribution < -0.4 is 15.8 Å². The first-order valence-electron chi connectivity index (χ1n) is 9.41. The number of nitrogens with one attached hydrogen (secondary N) is 2. The maximum atomic E-state index is 12.5. The molecule has 0 aliphatic heterocycles. The second-order valence-corrected chi connectivity index (χ2v) is 7.57. The summed E-state index contributed by atoms with van der Waals surface area (Å²) in [6.45, 7) is 2.11. The molecule has 1 amide bonds. The van der Waals surface area contributed by atoms with Gasteiger partial charge in [0.2, 0.25) is 0 Å². The van der Waals surface area contributed by atoms with E-state index >= 15 is 0 Å². The van der Waals surface area contributed by atoms with Gasteiger partial charge in [-0.1, -0.05) is 0 Å². The number of halogens is 3. The standard InChI is InChI=1S/C20H20F3N5O2/c1-11-13-7-12(30-20(21,22)23)3-4-14(13)28-17(11)15-8-25-9-16(27-15)18(29)26-10-19(24)5-2-6-19/h3-4,7-9,28H,2,5-6,10,24H2,1H3,(H,26,29). The number of ether oxygens (including phenoxy) is 1. The monoisotopic (exact) mass is 419 g/mol. The van der Waals surface area contributed by atoms with E-state index in [9.17, 15) is 18.0 Å². The Morgan fingerprint density at radius 2 is 2.10 bits per heavy atom. The van der Waals surface area contributed by atoms with E-state index in [4.69, 9.17) is 5.73 Å². The van der Waals surface area contributed by atoms with E-state index in [1.807, 2.05) is 0 Å². The molecule has 1 aliphatic carbocycles. The lowest BCUT2D eigenvalue weighted by Crippen LogP contribution is -2.55. The molecule has 10 heteroatoms. The Hall–Kier alpha value is -3.14. The number of nitrogens with zero attached hydrogens (tertiary/aromatic N) is 2. The molecular weight excluding hydrogens is 399 g/mol. The van der Waals surface area contributed by atoms with Crippen LogP contribution in [0, 0.1) is 6.92 Å². The van der Waals surface area contributed by atoms with Gasteiger partial charge in [0.25, 0.3) is 5.91 Å². The number of hydrogen-bond acceptors (Lipinski definition) is 5. The molecule has 158 valence electrons. The summed E-state index contributed by atoms with van der Waals surface area (Å²) in [4.78, 5) is 24.0. The first-order valence-corrected chi connectivity index (χ1v) is 9.41. The number of H-pyrrole nitrogens is 1. The van der Waals surface area contributed by atoms with Gasteiger partial charge in [-0.15, -0.1) is 13.2 Å². The lowest BCUT2D eigenvalue weighted by Gasteiger charge is -2.38. The van der Waals surface area contributed by atoms with Crippen molar-refractivity contribution in [2.75, 3.05) is 6.54 Å². The topological polar surface area (TPSA) is 106 Å². The van der Waals surface area contributed by atoms with Gasteiger partial charge < -0.3 is 20.8 Å². The Balaban J connectivity index is 1.59. The van der Waals surface area contributed by atoms with Crippen LogP contribution in [0.25, 0.3) is 22.3 Å². The number of aromatic nitrogens is 3. The first-order chi connectivity index (χ1) is 14.1. The Labute approximate surface area is 169 Å². The number of aryl methyl sites for hydroxylation is 1. The third-order valence-corrected chi connectivity index (χ3v) is 5.34. The molecule has 30 heavy (non-hydrogen) atoms. The number of amides is 1. The molecule has 2 heterocycles. The van der Waals surface area contributed by atoms with Gasteiger partial charge in [-0.3, -0.25) is 9.78 Å². The maximum Gasteiger partial charge on any atom is 0.573 e. The summed E-state index contributed by atoms with van der Waals surface area (Å²) < 4.78 is 41.5. The van der Waals surface area contributed by atoms with E-state index in [2.05, 4.69) is 25.0 Å². The lowest BCUT2D eigenvalue weighted by molar-refractivity contribution is -0.274. The van der Waals surface area contributed by atoms with Crippen molar-refractivity contribution < 1.29 is 22.7 Å². The molecule has 7 nitrogen and oxygen atoms in total. The molecule has 0 bridgehead atoms. The fraction of sp³-hybridized carbons (Fsp3) is 0.350. The van der Waals surface area contributed by atoms with Crippen molar-refractivity contribution in [3.63, 3.8) is 0 Å². The number of hydrogen-bond donors (Lipinski definition) is 3. The normalized spacial score (nSPS) is 15.6. The van der Waals surface area contributed by atoms with Crippen LogP contribution in [0.15, 0.2) is 30.6 Å². The average Bonchev–Trinajstić information content (AvgIpc) is 3.00. The number of alkyl halides is 3. The summed E-state index contributed by atoms with van der Waals surface area (Å²) in [6, 6.07) is 4.03. The zero-order valence-corrected chi connectivity index (χ0v) is 16.1. The van der Waals surface area contributed by atoms with Crippen LogP contribution in [0.1, 0.15) is 35.3 Å². The van der Waals surface area contributed by atoms with E-state index in [0.29, 0.717) is 34.4 Å². The number of carbonyl (C=O) groups excluding carboxylic acids is 1. The smallest absolute Gasteiger partial charge is 0.406 e. The molecule has 4 N–H and O–H groups in total. The summed E-state index contributed by atoms with van der Waals surface area (Å²) in [5.41, 5.74) is 8.15. The number of rotatable bonds is 5. The van der Waals surface area contributed by atoms with Crippen molar-refractivity contribution in [1.29, 1.82) is 0 Å². The van der Waals surface area contributed by atoms with Crippen LogP contribution in [0.5, 0.6) is 5.75 Å². The minimum absolute atomic E-state index is 0.134. The fourth-order valence-corrected chi connectivity index (χ4v) is 3.51. The molecule has 0 radical (unpaired) electrons. The van der Waals surface area contributed by atoms with E-state index in [1.165, 1.54) is 30.6 Å². The number of aromatic amines is 1. The summed E-state index contributed by atoms with van der Waals surface area (Å²) in [6.07, 6.45) is 0.862. The largest absolute Gasteiger partial charge is 0.573 e. The highest BCUT2D eigenvalue weighted by Gasteiger charge is 2.33. The zero-order valence-electron chi connectivity index (χ0n) is 16.1. The Bertz CT molecular complexity index is 1110. The first kappa shape index (κ1) is 20.1. The molecule has 0 spiro atoms. The van der Waals surface area contributed by atoms with Gasteiger partial charge in [0.05, 0.1) is 18.1 Å². The van der Waals surface area contributed by atoms with Crippen molar-refractivity contribution >= 4 is 16.8 Å². The highest BCUT2D eigenvalue weighted by atomic mass is 19.4. The van der Waals surface area contributed by atoms with Crippen molar-refractivity contribution in [3.8, 4) is 17.1 Å². The van der Waals surface area contributed by atoms with Gasteiger partial charge >= 0.3 is 6.36 Å². The quantitative estimate of drug-likeness (QED) is 0.588. The predicted molar refractivity (Wildman–Crippen MR) is 104 cm³/mol. The van der Waals surface area contributed by atoms with Crippen LogP contribution in [0.2, 0.25) is 0 Å². The molecule has 0 unspecified atom stereocenters. The molecule has 0 saturated heterocycles. The van der Waals surface area contributed by atoms with Crippen molar-refractivity contribution in [3.05, 3.63) is 41.9 Å². The van der Waals surface area contributed by atoms with Gasteiger partial charge in [-0.2, -0.15) is 0 Å². The van der Waals surface area contributed by atoms with Crippen molar-refractivity contribution in [2.24, 2.45) is 5.73 Å². The lowest BCUT2D eigenvalue weighted by atomic mass is 9.78. The molecule has 1 fully saturated rings. The van der Waals surface area contributed by atoms with E-state index in [0.717, 1.165) is 19.3 Å². The molecule has 1 saturated carbocycles. The maximum absolute atomic E-state index is 12.5. The van der Waals surface area contributed by atoms with E-state index < -0.39 is 6.36 Å². The van der Waals surface area contributed by atoms with E-state index in [1.54, 1.807) is 6.92 Å². The van der Waals surface area contributed by atoms with Crippen molar-refractivity contribution in [1.82, 2.24) is 20.3 Å². The molecule has 2 aromatic heterocycles. The Morgan fingerprint density at radius 3 is 2.77 bits per heavy atom. The van der Waals surface area contributed by atoms with Crippen LogP contribution >= 0.6 is 0 Å². The molecule has 0 atom stereocenters. The van der Waals surface area contributed by atoms with Crippen LogP contribution in [-0.4, -0.2) is 39.3 Å². The second kappa shape index (κ2) is 7.28. The zero-order chi connectivity index (χ0) is 21.5. The predicted octanol–water partition coefficient (Wildman–Crippen LogP) is 3.44. The summed E-state index contributed by atoms with van der Waals surface area (Å²) >= 11 is 0. The molecule has 1 aliphatic rings. The van der Waals surface area contributed by atoms with Gasteiger partial charge in [0, 0.05) is 23.0 Å². The van der Waals surface area contributed by atoms with E-state index in [-0.39, 0.29) is 22.9 Å². The number of carbonyl (C=O) groups is 1. The summed E-state index contributed by atoms with van der Waals surface area (Å²) in [7, 11) is 0. The molecule has 1 aromatic carbocycles. The molecule has 3 aromatic rings. The third kappa shape index (κ3) is 4.09. The summed E-state index contributed by atoms with van der Waals surface area (Å²) in [5, 5.41) is 3.34. The van der Waals surface area contributed by atoms with Crippen molar-refractivity contribution in [2.45, 2.75) is 38.1 Å². The number of nitrogens with two attached hydrogens (primary N) is 1. The van der Waals surface area contributed by atoms with Gasteiger partial charge in [-0.05, 0) is 49.9 Å². The highest BCUT2D eigenvalue weighted by Crippen LogP contribution is 2.33. The highest BCUT2D eigenvalue weighted by molar-refractivity contribution is 5.94.